The van der Waals surface area contributed by atoms with E-state index in [1.165, 1.54) is 40.6 Å². The van der Waals surface area contributed by atoms with Crippen molar-refractivity contribution in [2.75, 3.05) is 42.3 Å². The number of nitrogens with one attached hydrogen (secondary N) is 3. The molecule has 2 fully saturated rings. The van der Waals surface area contributed by atoms with Crippen LogP contribution in [0.25, 0.3) is 20.4 Å². The number of aryl methyl sites for hydroxylation is 4. The number of anilines is 4. The number of carbonyl (C=O) groups excluding carboxylic acids is 3. The number of halogens is 1. The first kappa shape index (κ1) is 46.4. The van der Waals surface area contributed by atoms with Gasteiger partial charge in [-0.2, -0.15) is 0 Å². The highest BCUT2D eigenvalue weighted by atomic mass is 32.1. The maximum Gasteiger partial charge on any atom is 0.394 e. The van der Waals surface area contributed by atoms with Crippen LogP contribution in [0.15, 0.2) is 60.9 Å². The number of alkyl halides is 1. The summed E-state index contributed by atoms with van der Waals surface area (Å²) in [7, 11) is -1.00. The van der Waals surface area contributed by atoms with Gasteiger partial charge in [-0.05, 0) is 130 Å². The number of nitrogens with zero attached hydrogens (tertiary/aromatic N) is 5. The highest BCUT2D eigenvalue weighted by Gasteiger charge is 2.34. The molecule has 6 aromatic rings. The predicted molar refractivity (Wildman–Crippen MR) is 249 cm³/mol. The summed E-state index contributed by atoms with van der Waals surface area (Å²) in [5.74, 6) is -2.61. The molecule has 18 heteroatoms. The fraction of sp³-hybridized carbons (Fsp3) is 0.378. The lowest BCUT2D eigenvalue weighted by Crippen LogP contribution is -2.46. The number of carboxylic acid groups (broad SMARTS) is 1. The second-order valence-electron chi connectivity index (χ2n) is 15.8. The molecule has 4 aromatic heterocycles. The van der Waals surface area contributed by atoms with Gasteiger partial charge in [-0.15, -0.1) is 0 Å². The SMILES string of the molecule is C[C@H]1CC[C@H](c2ccc3sc(N)nc3c2)NC1.Cc1cc(NC(=O)C(=O)N2C[C@H](C)CC[C@H]2c2ccc3sc(N)nc3c2)cnc1C.Cc1cc(NC(=O)C(=O)O)cnc1C.[2H]CF. The molecule has 2 aliphatic heterocycles. The van der Waals surface area contributed by atoms with Crippen molar-refractivity contribution in [3.63, 3.8) is 0 Å². The minimum absolute atomic E-state index is 0.162. The molecule has 3 amide bonds. The van der Waals surface area contributed by atoms with Crippen LogP contribution in [-0.2, 0) is 19.2 Å². The Bertz CT molecular complexity index is 2600. The fourth-order valence-electron chi connectivity index (χ4n) is 7.28. The van der Waals surface area contributed by atoms with Crippen molar-refractivity contribution >= 4 is 88.4 Å². The number of fused-ring (bicyclic) bond motifs is 2. The van der Waals surface area contributed by atoms with E-state index in [0.29, 0.717) is 40.1 Å². The maximum atomic E-state index is 13.1. The Balaban J connectivity index is 0.000000191. The van der Waals surface area contributed by atoms with Crippen molar-refractivity contribution in [3.8, 4) is 0 Å². The molecule has 2 aromatic carbocycles. The zero-order valence-corrected chi connectivity index (χ0v) is 37.8. The molecule has 0 spiro atoms. The number of piperidine rings is 2. The van der Waals surface area contributed by atoms with Gasteiger partial charge < -0.3 is 37.4 Å². The van der Waals surface area contributed by atoms with Gasteiger partial charge in [0.05, 0.1) is 58.8 Å². The third-order valence-electron chi connectivity index (χ3n) is 11.0. The molecule has 0 radical (unpaired) electrons. The highest BCUT2D eigenvalue weighted by molar-refractivity contribution is 7.22. The van der Waals surface area contributed by atoms with Crippen molar-refractivity contribution in [2.24, 2.45) is 11.8 Å². The summed E-state index contributed by atoms with van der Waals surface area (Å²) in [5, 5.41) is 18.0. The third kappa shape index (κ3) is 12.7. The molecule has 2 saturated heterocycles. The van der Waals surface area contributed by atoms with E-state index >= 15 is 0 Å². The Hall–Kier alpha value is -6.11. The molecule has 15 nitrogen and oxygen atoms in total. The van der Waals surface area contributed by atoms with E-state index in [-0.39, 0.29) is 6.04 Å². The lowest BCUT2D eigenvalue weighted by atomic mass is 9.89. The number of nitrogen functional groups attached to an aromatic ring is 2. The quantitative estimate of drug-likeness (QED) is 0.0923. The number of hydrogen-bond donors (Lipinski definition) is 6. The average molecular weight is 900 g/mol. The normalized spacial score (nSPS) is 18.3. The maximum absolute atomic E-state index is 13.1. The number of nitrogens with two attached hydrogens (primary N) is 2. The minimum Gasteiger partial charge on any atom is -0.474 e. The summed E-state index contributed by atoms with van der Waals surface area (Å²) in [5.41, 5.74) is 20.2. The number of hydrogen-bond acceptors (Lipinski definition) is 13. The first-order chi connectivity index (χ1) is 30.5. The monoisotopic (exact) mass is 899 g/mol. The molecule has 334 valence electrons. The largest absolute Gasteiger partial charge is 0.474 e. The average Bonchev–Trinajstić information content (AvgIpc) is 3.83. The number of aliphatic carboxylic acids is 1. The topological polar surface area (TPSA) is 231 Å². The van der Waals surface area contributed by atoms with Gasteiger partial charge >= 0.3 is 23.7 Å². The second kappa shape index (κ2) is 21.8. The van der Waals surface area contributed by atoms with E-state index in [0.717, 1.165) is 69.1 Å². The van der Waals surface area contributed by atoms with Crippen LogP contribution in [-0.4, -0.2) is 73.9 Å². The number of amides is 3. The Morgan fingerprint density at radius 3 is 1.79 bits per heavy atom. The summed E-state index contributed by atoms with van der Waals surface area (Å²) < 4.78 is 17.7. The summed E-state index contributed by atoms with van der Waals surface area (Å²) in [6.07, 6.45) is 7.31. The number of pyridine rings is 2. The van der Waals surface area contributed by atoms with Gasteiger partial charge in [0.25, 0.3) is 0 Å². The minimum atomic E-state index is -1.51. The molecule has 8 N–H and O–H groups in total. The van der Waals surface area contributed by atoms with Crippen LogP contribution in [0.4, 0.5) is 26.0 Å². The second-order valence-corrected chi connectivity index (χ2v) is 17.9. The van der Waals surface area contributed by atoms with Crippen LogP contribution in [0, 0.1) is 39.5 Å². The number of likely N-dealkylation sites (tertiary alicyclic amines) is 1. The van der Waals surface area contributed by atoms with E-state index < -0.39 is 30.8 Å². The number of carbonyl (C=O) groups is 4. The van der Waals surface area contributed by atoms with E-state index in [1.807, 2.05) is 52.0 Å². The van der Waals surface area contributed by atoms with Crippen LogP contribution >= 0.6 is 22.7 Å². The zero-order valence-electron chi connectivity index (χ0n) is 37.2. The lowest BCUT2D eigenvalue weighted by Gasteiger charge is -2.38. The van der Waals surface area contributed by atoms with Crippen molar-refractivity contribution in [1.29, 1.82) is 0 Å². The first-order valence-corrected chi connectivity index (χ1v) is 22.0. The Morgan fingerprint density at radius 1 is 0.778 bits per heavy atom. The summed E-state index contributed by atoms with van der Waals surface area (Å²) >= 11 is 2.99. The molecule has 0 aliphatic carbocycles. The third-order valence-corrected chi connectivity index (χ3v) is 12.7. The fourth-order valence-corrected chi connectivity index (χ4v) is 8.71. The van der Waals surface area contributed by atoms with Crippen molar-refractivity contribution in [1.82, 2.24) is 30.2 Å². The molecule has 6 heterocycles. The van der Waals surface area contributed by atoms with Crippen LogP contribution in [0.1, 0.15) is 86.6 Å². The summed E-state index contributed by atoms with van der Waals surface area (Å²) in [4.78, 5) is 65.5. The number of rotatable bonds is 4. The van der Waals surface area contributed by atoms with Gasteiger partial charge in [0.1, 0.15) is 0 Å². The Morgan fingerprint density at radius 2 is 1.29 bits per heavy atom. The van der Waals surface area contributed by atoms with E-state index in [4.69, 9.17) is 17.9 Å². The van der Waals surface area contributed by atoms with E-state index in [9.17, 15) is 23.6 Å². The number of aromatic nitrogens is 4. The van der Waals surface area contributed by atoms with Crippen LogP contribution in [0.5, 0.6) is 0 Å². The van der Waals surface area contributed by atoms with Gasteiger partial charge in [0.15, 0.2) is 10.3 Å². The Kier molecular flexibility index (Phi) is 16.1. The number of thiazole rings is 2. The van der Waals surface area contributed by atoms with Crippen LogP contribution in [0.3, 0.4) is 0 Å². The van der Waals surface area contributed by atoms with Gasteiger partial charge in [0, 0.05) is 24.0 Å². The van der Waals surface area contributed by atoms with E-state index in [2.05, 4.69) is 67.9 Å². The van der Waals surface area contributed by atoms with Gasteiger partial charge in [0.2, 0.25) is 0 Å². The highest BCUT2D eigenvalue weighted by Crippen LogP contribution is 2.36. The zero-order chi connectivity index (χ0) is 46.7. The molecule has 63 heavy (non-hydrogen) atoms. The molecule has 4 atom stereocenters. The summed E-state index contributed by atoms with van der Waals surface area (Å²) in [6.45, 7) is 13.5. The molecule has 0 unspecified atom stereocenters. The molecule has 0 bridgehead atoms. The lowest BCUT2D eigenvalue weighted by molar-refractivity contribution is -0.147. The summed E-state index contributed by atoms with van der Waals surface area (Å²) in [6, 6.07) is 16.3. The number of carboxylic acids is 1. The Labute approximate surface area is 375 Å². The molecule has 2 aliphatic rings. The van der Waals surface area contributed by atoms with Gasteiger partial charge in [-0.1, -0.05) is 48.7 Å². The number of benzene rings is 2. The van der Waals surface area contributed by atoms with Crippen molar-refractivity contribution in [3.05, 3.63) is 94.6 Å². The first-order valence-electron chi connectivity index (χ1n) is 21.1. The molecular weight excluding hydrogens is 844 g/mol. The van der Waals surface area contributed by atoms with Crippen LogP contribution < -0.4 is 27.4 Å². The molecule has 0 saturated carbocycles. The van der Waals surface area contributed by atoms with Gasteiger partial charge in [-0.3, -0.25) is 28.7 Å². The van der Waals surface area contributed by atoms with E-state index in [1.54, 1.807) is 28.5 Å². The predicted octanol–water partition coefficient (Wildman–Crippen LogP) is 8.07. The molecule has 8 rings (SSSR count). The molecular formula is C45H55FN10O5S2. The van der Waals surface area contributed by atoms with Crippen LogP contribution in [0.2, 0.25) is 0 Å². The van der Waals surface area contributed by atoms with Crippen molar-refractivity contribution in [2.45, 2.75) is 79.3 Å². The standard InChI is InChI=1S/C22H25N5O2S.C13H17N3S.C9H10N2O3.CH3F/c1-12-4-6-18(15-5-7-19-17(9-15)26-22(23)30-19)27(11-12)21(29)20(28)25-16-8-13(2)14(3)24-10-16;1-8-2-4-10(15-7-8)9-3-5-12-11(6-9)16-13(14)17-12;1-5-3-7(4-10-6(5)2)11-8(12)9(13)14;1-2/h5,7-10,12,18H,4,6,11H2,1-3H3,(H2,23,26)(H,25,28);3,5-6,8,10,15H,2,4,7H2,1H3,(H2,14,16);3-4H,1-2H3,(H,11,12)(H,13,14);1H3/t12-,18+;8-,10+;;/m10../s1/i;;;1D. The van der Waals surface area contributed by atoms with Crippen molar-refractivity contribution < 1.29 is 30.0 Å². The smallest absolute Gasteiger partial charge is 0.394 e. The van der Waals surface area contributed by atoms with Gasteiger partial charge in [-0.25, -0.2) is 14.8 Å².